The Morgan fingerprint density at radius 3 is 2.68 bits per heavy atom. The largest absolute Gasteiger partial charge is 0.366 e. The van der Waals surface area contributed by atoms with Gasteiger partial charge in [-0.1, -0.05) is 25.4 Å². The van der Waals surface area contributed by atoms with Gasteiger partial charge in [-0.15, -0.1) is 0 Å². The number of nitrogens with zero attached hydrogens (tertiary/aromatic N) is 2. The zero-order valence-corrected chi connectivity index (χ0v) is 14.3. The molecule has 19 heavy (non-hydrogen) atoms. The highest BCUT2D eigenvalue weighted by atomic mass is 79.9. The first kappa shape index (κ1) is 16.7. The minimum Gasteiger partial charge on any atom is -0.366 e. The summed E-state index contributed by atoms with van der Waals surface area (Å²) in [6.45, 7) is 9.98. The Morgan fingerprint density at radius 1 is 1.42 bits per heavy atom. The van der Waals surface area contributed by atoms with Gasteiger partial charge < -0.3 is 10.2 Å². The van der Waals surface area contributed by atoms with E-state index in [0.717, 1.165) is 36.3 Å². The number of hydrogen-bond acceptors (Lipinski definition) is 3. The Morgan fingerprint density at radius 2 is 2.11 bits per heavy atom. The third-order valence-corrected chi connectivity index (χ3v) is 3.92. The van der Waals surface area contributed by atoms with Crippen molar-refractivity contribution in [3.8, 4) is 0 Å². The fourth-order valence-electron chi connectivity index (χ4n) is 1.99. The molecule has 1 unspecified atom stereocenters. The molecule has 1 aromatic heterocycles. The van der Waals surface area contributed by atoms with Crippen LogP contribution in [0.5, 0.6) is 0 Å². The van der Waals surface area contributed by atoms with Crippen LogP contribution in [0.1, 0.15) is 33.6 Å². The second-order valence-corrected chi connectivity index (χ2v) is 6.02. The molecule has 0 aliphatic heterocycles. The Labute approximate surface area is 129 Å². The Kier molecular flexibility index (Phi) is 7.73. The number of pyridine rings is 1. The molecule has 0 aromatic carbocycles. The molecule has 1 rings (SSSR count). The number of rotatable bonds is 8. The van der Waals surface area contributed by atoms with Crippen LogP contribution in [-0.2, 0) is 0 Å². The highest BCUT2D eigenvalue weighted by Gasteiger charge is 2.08. The van der Waals surface area contributed by atoms with Crippen molar-refractivity contribution in [3.63, 3.8) is 0 Å². The SMILES string of the molecule is CCN(CC)CCCC(C)Nc1ncc(Br)cc1Cl. The summed E-state index contributed by atoms with van der Waals surface area (Å²) >= 11 is 9.50. The fourth-order valence-corrected chi connectivity index (χ4v) is 2.67. The molecule has 0 amide bonds. The number of nitrogens with one attached hydrogen (secondary N) is 1. The first-order chi connectivity index (χ1) is 9.06. The predicted molar refractivity (Wildman–Crippen MR) is 87.1 cm³/mol. The summed E-state index contributed by atoms with van der Waals surface area (Å²) in [7, 11) is 0. The molecular formula is C14H23BrClN3. The highest BCUT2D eigenvalue weighted by molar-refractivity contribution is 9.10. The van der Waals surface area contributed by atoms with E-state index in [1.165, 1.54) is 6.42 Å². The summed E-state index contributed by atoms with van der Waals surface area (Å²) in [5.74, 6) is 0.764. The zero-order chi connectivity index (χ0) is 14.3. The monoisotopic (exact) mass is 347 g/mol. The lowest BCUT2D eigenvalue weighted by molar-refractivity contribution is 0.295. The van der Waals surface area contributed by atoms with Gasteiger partial charge in [0.1, 0.15) is 5.82 Å². The van der Waals surface area contributed by atoms with E-state index < -0.39 is 0 Å². The quantitative estimate of drug-likeness (QED) is 0.753. The van der Waals surface area contributed by atoms with Gasteiger partial charge >= 0.3 is 0 Å². The van der Waals surface area contributed by atoms with Crippen molar-refractivity contribution >= 4 is 33.3 Å². The zero-order valence-electron chi connectivity index (χ0n) is 11.9. The molecule has 0 bridgehead atoms. The Hall–Kier alpha value is -0.320. The van der Waals surface area contributed by atoms with Crippen LogP contribution >= 0.6 is 27.5 Å². The van der Waals surface area contributed by atoms with Crippen molar-refractivity contribution in [1.29, 1.82) is 0 Å². The van der Waals surface area contributed by atoms with Gasteiger partial charge in [-0.05, 0) is 61.4 Å². The van der Waals surface area contributed by atoms with Crippen LogP contribution in [-0.4, -0.2) is 35.6 Å². The number of anilines is 1. The van der Waals surface area contributed by atoms with Gasteiger partial charge in [0.2, 0.25) is 0 Å². The first-order valence-electron chi connectivity index (χ1n) is 6.86. The van der Waals surface area contributed by atoms with E-state index in [4.69, 9.17) is 11.6 Å². The Balaban J connectivity index is 2.36. The molecule has 0 fully saturated rings. The van der Waals surface area contributed by atoms with E-state index in [9.17, 15) is 0 Å². The molecule has 0 spiro atoms. The Bertz CT molecular complexity index is 383. The highest BCUT2D eigenvalue weighted by Crippen LogP contribution is 2.23. The van der Waals surface area contributed by atoms with Gasteiger partial charge in [0.15, 0.2) is 0 Å². The molecule has 5 heteroatoms. The van der Waals surface area contributed by atoms with E-state index in [-0.39, 0.29) is 0 Å². The summed E-state index contributed by atoms with van der Waals surface area (Å²) in [4.78, 5) is 6.74. The van der Waals surface area contributed by atoms with Gasteiger partial charge in [0, 0.05) is 16.7 Å². The molecule has 1 heterocycles. The van der Waals surface area contributed by atoms with Crippen LogP contribution < -0.4 is 5.32 Å². The molecule has 1 aromatic rings. The van der Waals surface area contributed by atoms with Gasteiger partial charge in [-0.25, -0.2) is 4.98 Å². The van der Waals surface area contributed by atoms with Crippen molar-refractivity contribution in [3.05, 3.63) is 21.8 Å². The standard InChI is InChI=1S/C14H23BrClN3/c1-4-19(5-2)8-6-7-11(3)18-14-13(16)9-12(15)10-17-14/h9-11H,4-8H2,1-3H3,(H,17,18). The number of halogens is 2. The number of hydrogen-bond donors (Lipinski definition) is 1. The van der Waals surface area contributed by atoms with Gasteiger partial charge in [0.05, 0.1) is 5.02 Å². The lowest BCUT2D eigenvalue weighted by atomic mass is 10.1. The van der Waals surface area contributed by atoms with E-state index in [0.29, 0.717) is 11.1 Å². The van der Waals surface area contributed by atoms with Crippen LogP contribution in [0.25, 0.3) is 0 Å². The van der Waals surface area contributed by atoms with E-state index >= 15 is 0 Å². The molecular weight excluding hydrogens is 326 g/mol. The second kappa shape index (κ2) is 8.77. The maximum atomic E-state index is 6.14. The molecule has 0 radical (unpaired) electrons. The van der Waals surface area contributed by atoms with E-state index in [2.05, 4.69) is 51.9 Å². The van der Waals surface area contributed by atoms with Gasteiger partial charge in [-0.3, -0.25) is 0 Å². The lowest BCUT2D eigenvalue weighted by Crippen LogP contribution is -2.25. The van der Waals surface area contributed by atoms with Crippen LogP contribution in [0.3, 0.4) is 0 Å². The van der Waals surface area contributed by atoms with Gasteiger partial charge in [-0.2, -0.15) is 0 Å². The molecule has 0 aliphatic carbocycles. The average Bonchev–Trinajstić information content (AvgIpc) is 2.38. The third-order valence-electron chi connectivity index (χ3n) is 3.20. The minimum atomic E-state index is 0.377. The molecule has 0 aliphatic rings. The molecule has 1 atom stereocenters. The second-order valence-electron chi connectivity index (χ2n) is 4.70. The van der Waals surface area contributed by atoms with Crippen LogP contribution in [0.2, 0.25) is 5.02 Å². The minimum absolute atomic E-state index is 0.377. The van der Waals surface area contributed by atoms with Crippen molar-refractivity contribution < 1.29 is 0 Å². The smallest absolute Gasteiger partial charge is 0.145 e. The normalized spacial score (nSPS) is 12.7. The maximum Gasteiger partial charge on any atom is 0.145 e. The third kappa shape index (κ3) is 6.11. The summed E-state index contributed by atoms with van der Waals surface area (Å²) in [6, 6.07) is 2.24. The fraction of sp³-hybridized carbons (Fsp3) is 0.643. The van der Waals surface area contributed by atoms with Crippen molar-refractivity contribution in [2.75, 3.05) is 25.0 Å². The van der Waals surface area contributed by atoms with Crippen LogP contribution in [0.15, 0.2) is 16.7 Å². The average molecular weight is 349 g/mol. The molecule has 3 nitrogen and oxygen atoms in total. The number of aromatic nitrogens is 1. The van der Waals surface area contributed by atoms with Crippen molar-refractivity contribution in [2.24, 2.45) is 0 Å². The summed E-state index contributed by atoms with van der Waals surface area (Å²) < 4.78 is 0.900. The molecule has 0 saturated carbocycles. The van der Waals surface area contributed by atoms with Crippen molar-refractivity contribution in [1.82, 2.24) is 9.88 Å². The maximum absolute atomic E-state index is 6.14. The molecule has 1 N–H and O–H groups in total. The van der Waals surface area contributed by atoms with Crippen LogP contribution in [0, 0.1) is 0 Å². The summed E-state index contributed by atoms with van der Waals surface area (Å²) in [6.07, 6.45) is 4.06. The van der Waals surface area contributed by atoms with E-state index in [1.54, 1.807) is 6.20 Å². The summed E-state index contributed by atoms with van der Waals surface area (Å²) in [5.41, 5.74) is 0. The van der Waals surface area contributed by atoms with Crippen LogP contribution in [0.4, 0.5) is 5.82 Å². The first-order valence-corrected chi connectivity index (χ1v) is 8.03. The molecule has 108 valence electrons. The topological polar surface area (TPSA) is 28.2 Å². The van der Waals surface area contributed by atoms with E-state index in [1.807, 2.05) is 6.07 Å². The lowest BCUT2D eigenvalue weighted by Gasteiger charge is -2.20. The predicted octanol–water partition coefficient (Wildman–Crippen LogP) is 4.42. The summed E-state index contributed by atoms with van der Waals surface area (Å²) in [5, 5.41) is 4.02. The molecule has 0 saturated heterocycles. The van der Waals surface area contributed by atoms with Crippen molar-refractivity contribution in [2.45, 2.75) is 39.7 Å². The van der Waals surface area contributed by atoms with Gasteiger partial charge in [0.25, 0.3) is 0 Å².